The highest BCUT2D eigenvalue weighted by Crippen LogP contribution is 2.34. The molecule has 0 N–H and O–H groups in total. The van der Waals surface area contributed by atoms with Crippen LogP contribution in [0, 0.1) is 6.92 Å². The Labute approximate surface area is 165 Å². The van der Waals surface area contributed by atoms with Crippen molar-refractivity contribution in [3.63, 3.8) is 0 Å². The highest BCUT2D eigenvalue weighted by atomic mass is 19.4. The highest BCUT2D eigenvalue weighted by Gasteiger charge is 2.31. The van der Waals surface area contributed by atoms with E-state index in [1.807, 2.05) is 4.57 Å². The van der Waals surface area contributed by atoms with Gasteiger partial charge in [0.25, 0.3) is 0 Å². The summed E-state index contributed by atoms with van der Waals surface area (Å²) in [5, 5.41) is 0. The molecule has 5 nitrogen and oxygen atoms in total. The van der Waals surface area contributed by atoms with Crippen LogP contribution >= 0.6 is 0 Å². The van der Waals surface area contributed by atoms with Crippen LogP contribution in [-0.2, 0) is 11.0 Å². The van der Waals surface area contributed by atoms with Crippen molar-refractivity contribution in [3.05, 3.63) is 59.8 Å². The molecule has 2 aromatic heterocycles. The first-order valence-electron chi connectivity index (χ1n) is 9.39. The molecule has 0 aliphatic carbocycles. The number of aryl methyl sites for hydroxylation is 1. The third-order valence-electron chi connectivity index (χ3n) is 5.27. The minimum atomic E-state index is -4.39. The number of rotatable bonds is 3. The zero-order valence-electron chi connectivity index (χ0n) is 15.8. The van der Waals surface area contributed by atoms with E-state index in [4.69, 9.17) is 4.42 Å². The second kappa shape index (κ2) is 7.42. The zero-order valence-corrected chi connectivity index (χ0v) is 15.8. The quantitative estimate of drug-likeness (QED) is 0.589. The topological polar surface area (TPSA) is 51.3 Å². The summed E-state index contributed by atoms with van der Waals surface area (Å²) >= 11 is 0. The lowest BCUT2D eigenvalue weighted by molar-refractivity contribution is -0.137. The van der Waals surface area contributed by atoms with Crippen LogP contribution in [0.1, 0.15) is 36.0 Å². The molecule has 1 aliphatic rings. The number of likely N-dealkylation sites (tertiary alicyclic amines) is 1. The highest BCUT2D eigenvalue weighted by molar-refractivity contribution is 5.91. The molecule has 0 radical (unpaired) electrons. The molecule has 1 saturated heterocycles. The number of nitrogens with zero attached hydrogens (tertiary/aromatic N) is 3. The van der Waals surface area contributed by atoms with Gasteiger partial charge in [-0.25, -0.2) is 4.98 Å². The van der Waals surface area contributed by atoms with Crippen molar-refractivity contribution < 1.29 is 22.4 Å². The van der Waals surface area contributed by atoms with Crippen LogP contribution in [0.5, 0.6) is 0 Å². The predicted octanol–water partition coefficient (Wildman–Crippen LogP) is 4.83. The Balaban J connectivity index is 1.47. The number of piperidine rings is 1. The van der Waals surface area contributed by atoms with Crippen molar-refractivity contribution in [2.75, 3.05) is 13.1 Å². The lowest BCUT2D eigenvalue weighted by Gasteiger charge is -2.33. The van der Waals surface area contributed by atoms with Crippen molar-refractivity contribution in [3.8, 4) is 0 Å². The third-order valence-corrected chi connectivity index (χ3v) is 5.27. The van der Waals surface area contributed by atoms with Crippen LogP contribution < -0.4 is 0 Å². The normalized spacial score (nSPS) is 16.2. The summed E-state index contributed by atoms with van der Waals surface area (Å²) in [6.45, 7) is 2.95. The standard InChI is InChI=1S/C21H20F3N3O2/c1-14-25-18-13-15(21(22,23)24)4-6-19(18)27(14)16-8-10-26(11-9-16)20(28)7-5-17-3-2-12-29-17/h2-7,12-13,16H,8-11H2,1H3/b7-5+. The van der Waals surface area contributed by atoms with Crippen molar-refractivity contribution in [1.82, 2.24) is 14.5 Å². The van der Waals surface area contributed by atoms with Gasteiger partial charge in [0.1, 0.15) is 11.6 Å². The molecule has 0 unspecified atom stereocenters. The van der Waals surface area contributed by atoms with Crippen molar-refractivity contribution in [2.24, 2.45) is 0 Å². The summed E-state index contributed by atoms with van der Waals surface area (Å²) < 4.78 is 46.1. The van der Waals surface area contributed by atoms with Gasteiger partial charge in [-0.15, -0.1) is 0 Å². The molecule has 29 heavy (non-hydrogen) atoms. The van der Waals surface area contributed by atoms with Crippen LogP contribution in [0.2, 0.25) is 0 Å². The number of amides is 1. The number of benzene rings is 1. The van der Waals surface area contributed by atoms with Crippen LogP contribution in [0.3, 0.4) is 0 Å². The summed E-state index contributed by atoms with van der Waals surface area (Å²) in [6.07, 6.45) is 1.73. The number of hydrogen-bond acceptors (Lipinski definition) is 3. The Bertz CT molecular complexity index is 1040. The number of alkyl halides is 3. The van der Waals surface area contributed by atoms with Crippen LogP contribution in [0.4, 0.5) is 13.2 Å². The molecule has 0 bridgehead atoms. The third kappa shape index (κ3) is 3.92. The summed E-state index contributed by atoms with van der Waals surface area (Å²) in [6, 6.07) is 7.30. The Kier molecular flexibility index (Phi) is 4.94. The maximum absolute atomic E-state index is 13.0. The summed E-state index contributed by atoms with van der Waals surface area (Å²) in [5.41, 5.74) is 0.341. The smallest absolute Gasteiger partial charge is 0.416 e. The molecule has 152 valence electrons. The van der Waals surface area contributed by atoms with Gasteiger partial charge in [-0.1, -0.05) is 0 Å². The predicted molar refractivity (Wildman–Crippen MR) is 102 cm³/mol. The Morgan fingerprint density at radius 1 is 1.24 bits per heavy atom. The van der Waals surface area contributed by atoms with Crippen LogP contribution in [0.15, 0.2) is 47.1 Å². The number of carbonyl (C=O) groups excluding carboxylic acids is 1. The van der Waals surface area contributed by atoms with Gasteiger partial charge in [0.2, 0.25) is 5.91 Å². The maximum atomic E-state index is 13.0. The van der Waals surface area contributed by atoms with Crippen LogP contribution in [-0.4, -0.2) is 33.4 Å². The van der Waals surface area contributed by atoms with Gasteiger partial charge in [-0.2, -0.15) is 13.2 Å². The molecule has 1 fully saturated rings. The molecular weight excluding hydrogens is 383 g/mol. The van der Waals surface area contributed by atoms with E-state index in [9.17, 15) is 18.0 Å². The molecule has 1 amide bonds. The molecular formula is C21H20F3N3O2. The van der Waals surface area contributed by atoms with Gasteiger partial charge in [-0.05, 0) is 56.2 Å². The molecule has 0 saturated carbocycles. The Hall–Kier alpha value is -3.03. The van der Waals surface area contributed by atoms with Gasteiger partial charge in [0.05, 0.1) is 22.9 Å². The van der Waals surface area contributed by atoms with E-state index in [-0.39, 0.29) is 11.9 Å². The second-order valence-corrected chi connectivity index (χ2v) is 7.14. The summed E-state index contributed by atoms with van der Waals surface area (Å²) in [5.74, 6) is 1.22. The maximum Gasteiger partial charge on any atom is 0.416 e. The average Bonchev–Trinajstić information content (AvgIpc) is 3.31. The second-order valence-electron chi connectivity index (χ2n) is 7.14. The first kappa shape index (κ1) is 19.3. The van der Waals surface area contributed by atoms with Gasteiger partial charge < -0.3 is 13.9 Å². The van der Waals surface area contributed by atoms with E-state index in [0.29, 0.717) is 48.5 Å². The average molecular weight is 403 g/mol. The van der Waals surface area contributed by atoms with Gasteiger partial charge >= 0.3 is 6.18 Å². The van der Waals surface area contributed by atoms with E-state index in [1.165, 1.54) is 12.1 Å². The molecule has 3 heterocycles. The minimum Gasteiger partial charge on any atom is -0.465 e. The molecule has 8 heteroatoms. The van der Waals surface area contributed by atoms with Gasteiger partial charge in [0.15, 0.2) is 0 Å². The number of carbonyl (C=O) groups is 1. The Morgan fingerprint density at radius 2 is 2.00 bits per heavy atom. The van der Waals surface area contributed by atoms with Crippen molar-refractivity contribution in [1.29, 1.82) is 0 Å². The SMILES string of the molecule is Cc1nc2cc(C(F)(F)F)ccc2n1C1CCN(C(=O)/C=C/c2ccco2)CC1. The fraction of sp³-hybridized carbons (Fsp3) is 0.333. The molecule has 3 aromatic rings. The largest absolute Gasteiger partial charge is 0.465 e. The number of halogens is 3. The summed E-state index contributed by atoms with van der Waals surface area (Å²) in [4.78, 5) is 18.5. The lowest BCUT2D eigenvalue weighted by Crippen LogP contribution is -2.38. The van der Waals surface area contributed by atoms with Gasteiger partial charge in [0, 0.05) is 25.2 Å². The number of hydrogen-bond donors (Lipinski definition) is 0. The van der Waals surface area contributed by atoms with E-state index >= 15 is 0 Å². The zero-order chi connectivity index (χ0) is 20.6. The number of aromatic nitrogens is 2. The number of furan rings is 1. The molecule has 1 aliphatic heterocycles. The van der Waals surface area contributed by atoms with E-state index in [0.717, 1.165) is 12.1 Å². The fourth-order valence-electron chi connectivity index (χ4n) is 3.85. The lowest BCUT2D eigenvalue weighted by atomic mass is 10.0. The molecule has 4 rings (SSSR count). The first-order chi connectivity index (χ1) is 13.8. The van der Waals surface area contributed by atoms with E-state index in [1.54, 1.807) is 36.3 Å². The van der Waals surface area contributed by atoms with E-state index < -0.39 is 11.7 Å². The Morgan fingerprint density at radius 3 is 2.66 bits per heavy atom. The number of fused-ring (bicyclic) bond motifs is 1. The van der Waals surface area contributed by atoms with Crippen LogP contribution in [0.25, 0.3) is 17.1 Å². The van der Waals surface area contributed by atoms with Crippen molar-refractivity contribution in [2.45, 2.75) is 32.0 Å². The van der Waals surface area contributed by atoms with E-state index in [2.05, 4.69) is 4.98 Å². The van der Waals surface area contributed by atoms with Crippen molar-refractivity contribution >= 4 is 23.0 Å². The molecule has 0 atom stereocenters. The number of imidazole rings is 1. The molecule has 0 spiro atoms. The fourth-order valence-corrected chi connectivity index (χ4v) is 3.85. The monoisotopic (exact) mass is 403 g/mol. The first-order valence-corrected chi connectivity index (χ1v) is 9.39. The minimum absolute atomic E-state index is 0.0816. The van der Waals surface area contributed by atoms with Gasteiger partial charge in [-0.3, -0.25) is 4.79 Å². The molecule has 1 aromatic carbocycles. The summed E-state index contributed by atoms with van der Waals surface area (Å²) in [7, 11) is 0.